The summed E-state index contributed by atoms with van der Waals surface area (Å²) in [6.45, 7) is 8.79. The largest absolute Gasteiger partial charge is 0.389 e. The van der Waals surface area contributed by atoms with Crippen LogP contribution in [0, 0.1) is 0 Å². The number of aromatic nitrogens is 1. The number of rotatable bonds is 5. The summed E-state index contributed by atoms with van der Waals surface area (Å²) in [5.41, 5.74) is 7.25. The zero-order chi connectivity index (χ0) is 12.2. The van der Waals surface area contributed by atoms with Crippen molar-refractivity contribution in [1.82, 2.24) is 4.98 Å². The van der Waals surface area contributed by atoms with Crippen LogP contribution in [0.1, 0.15) is 64.1 Å². The third-order valence-electron chi connectivity index (χ3n) is 2.64. The van der Waals surface area contributed by atoms with Crippen LogP contribution in [-0.2, 0) is 11.8 Å². The summed E-state index contributed by atoms with van der Waals surface area (Å²) in [5, 5.41) is 2.08. The average Bonchev–Trinajstić information content (AvgIpc) is 2.55. The predicted octanol–water partition coefficient (Wildman–Crippen LogP) is 4.15. The molecule has 0 spiro atoms. The van der Waals surface area contributed by atoms with Gasteiger partial charge in [-0.3, -0.25) is 0 Å². The quantitative estimate of drug-likeness (QED) is 0.785. The molecule has 0 unspecified atom stereocenters. The number of unbranched alkanes of at least 4 members (excludes halogenated alkanes) is 3. The van der Waals surface area contributed by atoms with Gasteiger partial charge in [0.25, 0.3) is 0 Å². The Labute approximate surface area is 103 Å². The van der Waals surface area contributed by atoms with E-state index in [0.717, 1.165) is 22.1 Å². The Balaban J connectivity index is 2.57. The van der Waals surface area contributed by atoms with Crippen molar-refractivity contribution in [3.8, 4) is 0 Å². The average molecular weight is 240 g/mol. The number of hydrogen-bond donors (Lipinski definition) is 1. The molecule has 0 fully saturated rings. The molecule has 0 aliphatic rings. The van der Waals surface area contributed by atoms with Crippen LogP contribution in [0.5, 0.6) is 0 Å². The minimum Gasteiger partial charge on any atom is -0.389 e. The highest BCUT2D eigenvalue weighted by Crippen LogP contribution is 2.31. The van der Waals surface area contributed by atoms with E-state index in [1.165, 1.54) is 25.7 Å². The summed E-state index contributed by atoms with van der Waals surface area (Å²) in [5.74, 6) is 0. The third kappa shape index (κ3) is 3.78. The number of hydrogen-bond acceptors (Lipinski definition) is 3. The number of thiazole rings is 1. The number of nitrogens with two attached hydrogens (primary N) is 1. The smallest absolute Gasteiger partial charge is 0.109 e. The Hall–Kier alpha value is -0.570. The molecule has 0 radical (unpaired) electrons. The van der Waals surface area contributed by atoms with Gasteiger partial charge >= 0.3 is 0 Å². The van der Waals surface area contributed by atoms with Crippen molar-refractivity contribution in [3.05, 3.63) is 10.7 Å². The fourth-order valence-corrected chi connectivity index (χ4v) is 2.52. The van der Waals surface area contributed by atoms with Gasteiger partial charge in [0, 0.05) is 5.41 Å². The van der Waals surface area contributed by atoms with Gasteiger partial charge in [0.05, 0.1) is 5.69 Å². The van der Waals surface area contributed by atoms with Gasteiger partial charge in [-0.25, -0.2) is 4.98 Å². The molecule has 2 N–H and O–H groups in total. The highest BCUT2D eigenvalue weighted by molar-refractivity contribution is 7.15. The van der Waals surface area contributed by atoms with E-state index in [-0.39, 0.29) is 5.41 Å². The lowest BCUT2D eigenvalue weighted by atomic mass is 9.98. The van der Waals surface area contributed by atoms with Crippen molar-refractivity contribution in [2.75, 3.05) is 5.73 Å². The van der Waals surface area contributed by atoms with Crippen LogP contribution >= 0.6 is 11.3 Å². The number of nitrogens with zero attached hydrogens (tertiary/aromatic N) is 1. The second kappa shape index (κ2) is 5.67. The fraction of sp³-hybridized carbons (Fsp3) is 0.769. The number of aryl methyl sites for hydroxylation is 1. The van der Waals surface area contributed by atoms with Gasteiger partial charge in [-0.1, -0.05) is 47.0 Å². The van der Waals surface area contributed by atoms with Crippen molar-refractivity contribution in [3.63, 3.8) is 0 Å². The summed E-state index contributed by atoms with van der Waals surface area (Å²) < 4.78 is 0. The van der Waals surface area contributed by atoms with Crippen LogP contribution < -0.4 is 5.73 Å². The molecular formula is C13H24N2S. The molecule has 1 aromatic heterocycles. The normalized spacial score (nSPS) is 12.0. The van der Waals surface area contributed by atoms with Crippen LogP contribution in [0.4, 0.5) is 5.00 Å². The first-order chi connectivity index (χ1) is 7.45. The van der Waals surface area contributed by atoms with E-state index in [1.54, 1.807) is 11.3 Å². The predicted molar refractivity (Wildman–Crippen MR) is 73.1 cm³/mol. The molecule has 0 amide bonds. The first-order valence-corrected chi connectivity index (χ1v) is 7.02. The van der Waals surface area contributed by atoms with Gasteiger partial charge < -0.3 is 5.73 Å². The van der Waals surface area contributed by atoms with Crippen LogP contribution in [0.3, 0.4) is 0 Å². The molecule has 0 saturated carbocycles. The van der Waals surface area contributed by atoms with Gasteiger partial charge in [0.1, 0.15) is 10.0 Å². The molecule has 0 bridgehead atoms. The molecule has 0 atom stereocenters. The van der Waals surface area contributed by atoms with Crippen molar-refractivity contribution >= 4 is 16.3 Å². The lowest BCUT2D eigenvalue weighted by Gasteiger charge is -2.13. The van der Waals surface area contributed by atoms with E-state index in [2.05, 4.69) is 32.7 Å². The first kappa shape index (κ1) is 13.5. The molecule has 1 heterocycles. The lowest BCUT2D eigenvalue weighted by molar-refractivity contribution is 0.580. The molecule has 16 heavy (non-hydrogen) atoms. The van der Waals surface area contributed by atoms with Gasteiger partial charge in [-0.2, -0.15) is 0 Å². The zero-order valence-electron chi connectivity index (χ0n) is 11.0. The highest BCUT2D eigenvalue weighted by atomic mass is 32.1. The van der Waals surface area contributed by atoms with Crippen LogP contribution in [0.2, 0.25) is 0 Å². The van der Waals surface area contributed by atoms with E-state index >= 15 is 0 Å². The summed E-state index contributed by atoms with van der Waals surface area (Å²) in [6.07, 6.45) is 6.14. The Kier molecular flexibility index (Phi) is 4.78. The number of anilines is 1. The molecule has 0 aliphatic carbocycles. The summed E-state index contributed by atoms with van der Waals surface area (Å²) >= 11 is 1.65. The SMILES string of the molecule is CCCCCCc1nc(C(C)(C)C)sc1N. The molecular weight excluding hydrogens is 216 g/mol. The molecule has 1 aromatic rings. The molecule has 92 valence electrons. The summed E-state index contributed by atoms with van der Waals surface area (Å²) in [4.78, 5) is 4.67. The van der Waals surface area contributed by atoms with E-state index in [1.807, 2.05) is 0 Å². The maximum absolute atomic E-state index is 6.01. The molecule has 1 rings (SSSR count). The lowest BCUT2D eigenvalue weighted by Crippen LogP contribution is -2.10. The van der Waals surface area contributed by atoms with Crippen molar-refractivity contribution in [2.45, 2.75) is 65.2 Å². The van der Waals surface area contributed by atoms with E-state index < -0.39 is 0 Å². The second-order valence-electron chi connectivity index (χ2n) is 5.39. The fourth-order valence-electron chi connectivity index (χ4n) is 1.58. The molecule has 3 heteroatoms. The minimum atomic E-state index is 0.125. The molecule has 2 nitrogen and oxygen atoms in total. The Morgan fingerprint density at radius 2 is 1.88 bits per heavy atom. The van der Waals surface area contributed by atoms with Crippen LogP contribution in [-0.4, -0.2) is 4.98 Å². The second-order valence-corrected chi connectivity index (χ2v) is 6.42. The Morgan fingerprint density at radius 3 is 2.38 bits per heavy atom. The van der Waals surface area contributed by atoms with Gasteiger partial charge in [-0.05, 0) is 12.8 Å². The van der Waals surface area contributed by atoms with Crippen molar-refractivity contribution in [1.29, 1.82) is 0 Å². The zero-order valence-corrected chi connectivity index (χ0v) is 11.8. The van der Waals surface area contributed by atoms with E-state index in [0.29, 0.717) is 0 Å². The molecule has 0 saturated heterocycles. The topological polar surface area (TPSA) is 38.9 Å². The van der Waals surface area contributed by atoms with E-state index in [9.17, 15) is 0 Å². The summed E-state index contributed by atoms with van der Waals surface area (Å²) in [7, 11) is 0. The number of nitrogen functional groups attached to an aromatic ring is 1. The minimum absolute atomic E-state index is 0.125. The van der Waals surface area contributed by atoms with Crippen LogP contribution in [0.25, 0.3) is 0 Å². The van der Waals surface area contributed by atoms with Crippen molar-refractivity contribution in [2.24, 2.45) is 0 Å². The van der Waals surface area contributed by atoms with Gasteiger partial charge in [0.15, 0.2) is 0 Å². The van der Waals surface area contributed by atoms with Gasteiger partial charge in [-0.15, -0.1) is 11.3 Å². The van der Waals surface area contributed by atoms with Crippen molar-refractivity contribution < 1.29 is 0 Å². The van der Waals surface area contributed by atoms with E-state index in [4.69, 9.17) is 5.73 Å². The maximum Gasteiger partial charge on any atom is 0.109 e. The Bertz CT molecular complexity index is 323. The van der Waals surface area contributed by atoms with Crippen LogP contribution in [0.15, 0.2) is 0 Å². The molecule has 0 aliphatic heterocycles. The maximum atomic E-state index is 6.01. The molecule has 0 aromatic carbocycles. The third-order valence-corrected chi connectivity index (χ3v) is 3.99. The summed E-state index contributed by atoms with van der Waals surface area (Å²) in [6, 6.07) is 0. The van der Waals surface area contributed by atoms with Gasteiger partial charge in [0.2, 0.25) is 0 Å². The monoisotopic (exact) mass is 240 g/mol. The first-order valence-electron chi connectivity index (χ1n) is 6.20. The standard InChI is InChI=1S/C13H24N2S/c1-5-6-7-8-9-10-11(14)16-12(15-10)13(2,3)4/h5-9,14H2,1-4H3. The highest BCUT2D eigenvalue weighted by Gasteiger charge is 2.20. The Morgan fingerprint density at radius 1 is 1.19 bits per heavy atom.